The van der Waals surface area contributed by atoms with Crippen LogP contribution in [0.3, 0.4) is 0 Å². The van der Waals surface area contributed by atoms with Crippen molar-refractivity contribution in [2.45, 2.75) is 129 Å². The largest absolute Gasteiger partial charge is 0.330 e. The first-order chi connectivity index (χ1) is 16.3. The van der Waals surface area contributed by atoms with Crippen molar-refractivity contribution in [1.29, 1.82) is 0 Å². The van der Waals surface area contributed by atoms with Crippen LogP contribution < -0.4 is 5.73 Å². The summed E-state index contributed by atoms with van der Waals surface area (Å²) in [5, 5.41) is 0. The maximum atomic E-state index is 5.74. The minimum Gasteiger partial charge on any atom is -0.330 e. The summed E-state index contributed by atoms with van der Waals surface area (Å²) in [5.41, 5.74) is 5.74. The molecule has 1 atom stereocenters. The van der Waals surface area contributed by atoms with Crippen molar-refractivity contribution in [3.63, 3.8) is 0 Å². The van der Waals surface area contributed by atoms with Gasteiger partial charge in [-0.25, -0.2) is 0 Å². The van der Waals surface area contributed by atoms with Crippen LogP contribution in [0.5, 0.6) is 0 Å². The van der Waals surface area contributed by atoms with Crippen molar-refractivity contribution in [2.24, 2.45) is 11.7 Å². The standard InChI is InChI=1S/C30H51NS2/c1-3-5-7-9-11-12-14-16-18-26(17-15-13-10-8-6-4-2)25-28-20-22-30(33-28)29-21-19-27(32-29)23-24-31/h19-22,26H,3-18,23-25,31H2,1-2H3. The van der Waals surface area contributed by atoms with Crippen molar-refractivity contribution < 1.29 is 0 Å². The molecule has 3 heteroatoms. The van der Waals surface area contributed by atoms with Gasteiger partial charge in [-0.1, -0.05) is 117 Å². The lowest BCUT2D eigenvalue weighted by Crippen LogP contribution is -2.04. The molecule has 1 unspecified atom stereocenters. The van der Waals surface area contributed by atoms with E-state index in [1.807, 2.05) is 22.7 Å². The summed E-state index contributed by atoms with van der Waals surface area (Å²) in [4.78, 5) is 5.88. The van der Waals surface area contributed by atoms with Gasteiger partial charge in [0.15, 0.2) is 0 Å². The van der Waals surface area contributed by atoms with E-state index in [4.69, 9.17) is 5.73 Å². The van der Waals surface area contributed by atoms with Crippen LogP contribution in [0.4, 0.5) is 0 Å². The molecule has 0 aliphatic rings. The predicted molar refractivity (Wildman–Crippen MR) is 153 cm³/mol. The summed E-state index contributed by atoms with van der Waals surface area (Å²) in [6.45, 7) is 5.36. The van der Waals surface area contributed by atoms with Crippen molar-refractivity contribution in [2.75, 3.05) is 6.54 Å². The average molecular weight is 490 g/mol. The molecule has 0 amide bonds. The van der Waals surface area contributed by atoms with Crippen molar-refractivity contribution in [3.8, 4) is 9.75 Å². The zero-order valence-electron chi connectivity index (χ0n) is 21.7. The molecule has 0 spiro atoms. The first-order valence-corrected chi connectivity index (χ1v) is 15.8. The van der Waals surface area contributed by atoms with Gasteiger partial charge in [0.25, 0.3) is 0 Å². The lowest BCUT2D eigenvalue weighted by molar-refractivity contribution is 0.402. The Balaban J connectivity index is 1.79. The van der Waals surface area contributed by atoms with E-state index in [1.165, 1.54) is 124 Å². The van der Waals surface area contributed by atoms with E-state index in [2.05, 4.69) is 38.1 Å². The lowest BCUT2D eigenvalue weighted by Gasteiger charge is -2.16. The van der Waals surface area contributed by atoms with Crippen molar-refractivity contribution in [1.82, 2.24) is 0 Å². The van der Waals surface area contributed by atoms with Crippen LogP contribution in [0.15, 0.2) is 24.3 Å². The molecule has 0 radical (unpaired) electrons. The molecular formula is C30H51NS2. The summed E-state index contributed by atoms with van der Waals surface area (Å²) < 4.78 is 0. The Kier molecular flexibility index (Phi) is 16.2. The molecule has 2 N–H and O–H groups in total. The molecule has 2 rings (SSSR count). The SMILES string of the molecule is CCCCCCCCCCC(CCCCCCCC)Cc1ccc(-c2ccc(CCN)s2)s1. The van der Waals surface area contributed by atoms with E-state index in [9.17, 15) is 0 Å². The fraction of sp³-hybridized carbons (Fsp3) is 0.733. The molecule has 1 nitrogen and oxygen atoms in total. The highest BCUT2D eigenvalue weighted by Gasteiger charge is 2.13. The third-order valence-corrected chi connectivity index (χ3v) is 9.33. The third-order valence-electron chi connectivity index (χ3n) is 6.88. The Morgan fingerprint density at radius 1 is 0.606 bits per heavy atom. The van der Waals surface area contributed by atoms with Gasteiger partial charge in [0, 0.05) is 19.5 Å². The van der Waals surface area contributed by atoms with E-state index >= 15 is 0 Å². The molecule has 0 saturated carbocycles. The van der Waals surface area contributed by atoms with Gasteiger partial charge < -0.3 is 5.73 Å². The van der Waals surface area contributed by atoms with Crippen LogP contribution in [0.1, 0.15) is 126 Å². The number of hydrogen-bond acceptors (Lipinski definition) is 3. The number of hydrogen-bond donors (Lipinski definition) is 1. The molecule has 0 aromatic carbocycles. The summed E-state index contributed by atoms with van der Waals surface area (Å²) in [6, 6.07) is 9.32. The van der Waals surface area contributed by atoms with E-state index in [0.29, 0.717) is 0 Å². The molecule has 2 aromatic heterocycles. The zero-order valence-corrected chi connectivity index (χ0v) is 23.3. The number of rotatable bonds is 21. The second kappa shape index (κ2) is 18.7. The van der Waals surface area contributed by atoms with Crippen LogP contribution in [0.2, 0.25) is 0 Å². The average Bonchev–Trinajstić information content (AvgIpc) is 3.47. The van der Waals surface area contributed by atoms with E-state index in [0.717, 1.165) is 18.9 Å². The summed E-state index contributed by atoms with van der Waals surface area (Å²) >= 11 is 3.95. The van der Waals surface area contributed by atoms with E-state index in [1.54, 1.807) is 4.88 Å². The Hall–Kier alpha value is -0.640. The van der Waals surface area contributed by atoms with Crippen molar-refractivity contribution in [3.05, 3.63) is 34.0 Å². The minimum absolute atomic E-state index is 0.745. The van der Waals surface area contributed by atoms with Crippen LogP contribution in [0, 0.1) is 5.92 Å². The highest BCUT2D eigenvalue weighted by molar-refractivity contribution is 7.22. The van der Waals surface area contributed by atoms with Gasteiger partial charge in [0.05, 0.1) is 0 Å². The Bertz CT molecular complexity index is 702. The number of nitrogens with two attached hydrogens (primary N) is 1. The molecular weight excluding hydrogens is 438 g/mol. The fourth-order valence-electron chi connectivity index (χ4n) is 4.82. The predicted octanol–water partition coefficient (Wildman–Crippen LogP) is 10.4. The molecule has 33 heavy (non-hydrogen) atoms. The highest BCUT2D eigenvalue weighted by atomic mass is 32.1. The topological polar surface area (TPSA) is 26.0 Å². The highest BCUT2D eigenvalue weighted by Crippen LogP contribution is 2.35. The smallest absolute Gasteiger partial charge is 0.0445 e. The molecule has 0 bridgehead atoms. The fourth-order valence-corrected chi connectivity index (χ4v) is 7.06. The zero-order chi connectivity index (χ0) is 23.6. The van der Waals surface area contributed by atoms with Gasteiger partial charge in [0.1, 0.15) is 0 Å². The number of thiophene rings is 2. The van der Waals surface area contributed by atoms with Gasteiger partial charge >= 0.3 is 0 Å². The molecule has 2 heterocycles. The summed E-state index contributed by atoms with van der Waals surface area (Å²) in [5.74, 6) is 0.874. The lowest BCUT2D eigenvalue weighted by atomic mass is 9.91. The third kappa shape index (κ3) is 12.6. The monoisotopic (exact) mass is 489 g/mol. The van der Waals surface area contributed by atoms with Gasteiger partial charge in [-0.2, -0.15) is 0 Å². The quantitative estimate of drug-likeness (QED) is 0.173. The summed E-state index contributed by atoms with van der Waals surface area (Å²) in [6.07, 6.45) is 25.1. The minimum atomic E-state index is 0.745. The number of unbranched alkanes of at least 4 members (excludes halogenated alkanes) is 12. The van der Waals surface area contributed by atoms with Crippen LogP contribution in [-0.2, 0) is 12.8 Å². The maximum Gasteiger partial charge on any atom is 0.0445 e. The first kappa shape index (κ1) is 28.6. The van der Waals surface area contributed by atoms with Crippen molar-refractivity contribution >= 4 is 22.7 Å². The normalized spacial score (nSPS) is 12.5. The molecule has 0 saturated heterocycles. The molecule has 188 valence electrons. The van der Waals surface area contributed by atoms with Gasteiger partial charge in [-0.3, -0.25) is 0 Å². The molecule has 0 aliphatic carbocycles. The molecule has 0 aliphatic heterocycles. The van der Waals surface area contributed by atoms with E-state index in [-0.39, 0.29) is 0 Å². The summed E-state index contributed by atoms with van der Waals surface area (Å²) in [7, 11) is 0. The van der Waals surface area contributed by atoms with Crippen LogP contribution in [-0.4, -0.2) is 6.54 Å². The van der Waals surface area contributed by atoms with Gasteiger partial charge in [-0.15, -0.1) is 22.7 Å². The Labute approximate surface area is 213 Å². The van der Waals surface area contributed by atoms with Crippen LogP contribution in [0.25, 0.3) is 9.75 Å². The molecule has 0 fully saturated rings. The Morgan fingerprint density at radius 3 is 1.58 bits per heavy atom. The second-order valence-corrected chi connectivity index (χ2v) is 12.3. The first-order valence-electron chi connectivity index (χ1n) is 14.1. The Morgan fingerprint density at radius 2 is 1.06 bits per heavy atom. The maximum absolute atomic E-state index is 5.74. The van der Waals surface area contributed by atoms with Gasteiger partial charge in [-0.05, 0) is 49.6 Å². The second-order valence-electron chi connectivity index (χ2n) is 9.96. The van der Waals surface area contributed by atoms with E-state index < -0.39 is 0 Å². The molecule has 2 aromatic rings. The van der Waals surface area contributed by atoms with Crippen LogP contribution >= 0.6 is 22.7 Å². The van der Waals surface area contributed by atoms with Gasteiger partial charge in [0.2, 0.25) is 0 Å².